The molecule has 2 heterocycles. The van der Waals surface area contributed by atoms with Gasteiger partial charge in [0.05, 0.1) is 12.6 Å². The van der Waals surface area contributed by atoms with E-state index in [9.17, 15) is 9.90 Å². The van der Waals surface area contributed by atoms with Gasteiger partial charge in [0.15, 0.2) is 5.82 Å². The molecule has 0 amide bonds. The summed E-state index contributed by atoms with van der Waals surface area (Å²) >= 11 is 0. The lowest BCUT2D eigenvalue weighted by Crippen LogP contribution is -2.40. The van der Waals surface area contributed by atoms with E-state index in [1.165, 1.54) is 4.57 Å². The smallest absolute Gasteiger partial charge is 0.390 e. The number of β-amino-alcohol motifs (C(OH)–C–C–N with tert-alkyl or cyclic N) is 1. The molecule has 1 saturated heterocycles. The fraction of sp³-hybridized carbons (Fsp3) is 0.529. The summed E-state index contributed by atoms with van der Waals surface area (Å²) in [6.07, 6.45) is 1.70. The fourth-order valence-electron chi connectivity index (χ4n) is 3.04. The van der Waals surface area contributed by atoms with Gasteiger partial charge in [-0.2, -0.15) is 0 Å². The average molecular weight is 317 g/mol. The minimum atomic E-state index is -0.622. The van der Waals surface area contributed by atoms with Gasteiger partial charge in [-0.1, -0.05) is 42.4 Å². The first-order chi connectivity index (χ1) is 11.1. The molecule has 2 aromatic rings. The van der Waals surface area contributed by atoms with Gasteiger partial charge in [0.1, 0.15) is 0 Å². The van der Waals surface area contributed by atoms with Crippen LogP contribution in [0.3, 0.4) is 0 Å². The van der Waals surface area contributed by atoms with Crippen LogP contribution in [0.4, 0.5) is 0 Å². The maximum absolute atomic E-state index is 11.9. The van der Waals surface area contributed by atoms with Crippen LogP contribution in [0, 0.1) is 5.92 Å². The van der Waals surface area contributed by atoms with Crippen LogP contribution in [0.2, 0.25) is 0 Å². The van der Waals surface area contributed by atoms with Crippen molar-refractivity contribution in [1.29, 1.82) is 0 Å². The van der Waals surface area contributed by atoms with Gasteiger partial charge in [-0.15, -0.1) is 0 Å². The highest BCUT2D eigenvalue weighted by atomic mass is 16.5. The number of hydrogen-bond acceptors (Lipinski definition) is 5. The highest BCUT2D eigenvalue weighted by Crippen LogP contribution is 2.17. The summed E-state index contributed by atoms with van der Waals surface area (Å²) in [5.74, 6) is 0.686. The molecule has 1 aliphatic rings. The molecule has 6 nitrogen and oxygen atoms in total. The van der Waals surface area contributed by atoms with Gasteiger partial charge in [0, 0.05) is 12.1 Å². The van der Waals surface area contributed by atoms with Crippen molar-refractivity contribution in [2.45, 2.75) is 32.4 Å². The van der Waals surface area contributed by atoms with Crippen molar-refractivity contribution in [3.63, 3.8) is 0 Å². The van der Waals surface area contributed by atoms with E-state index < -0.39 is 11.9 Å². The number of benzene rings is 1. The Morgan fingerprint density at radius 2 is 1.96 bits per heavy atom. The van der Waals surface area contributed by atoms with Crippen LogP contribution in [0.1, 0.15) is 19.8 Å². The zero-order valence-corrected chi connectivity index (χ0v) is 13.4. The molecule has 0 radical (unpaired) electrons. The van der Waals surface area contributed by atoms with E-state index in [2.05, 4.69) is 17.0 Å². The summed E-state index contributed by atoms with van der Waals surface area (Å²) in [5, 5.41) is 14.2. The van der Waals surface area contributed by atoms with Crippen LogP contribution in [0.15, 0.2) is 39.6 Å². The summed E-state index contributed by atoms with van der Waals surface area (Å²) < 4.78 is 6.20. The molecule has 23 heavy (non-hydrogen) atoms. The van der Waals surface area contributed by atoms with Crippen molar-refractivity contribution in [1.82, 2.24) is 14.6 Å². The van der Waals surface area contributed by atoms with Crippen molar-refractivity contribution in [2.75, 3.05) is 19.6 Å². The fourth-order valence-corrected chi connectivity index (χ4v) is 3.04. The molecule has 0 bridgehead atoms. The lowest BCUT2D eigenvalue weighted by atomic mass is 9.99. The molecular formula is C17H23N3O3. The van der Waals surface area contributed by atoms with Gasteiger partial charge in [-0.05, 0) is 31.8 Å². The monoisotopic (exact) mass is 317 g/mol. The lowest BCUT2D eigenvalue weighted by molar-refractivity contribution is 0.0790. The quantitative estimate of drug-likeness (QED) is 0.907. The van der Waals surface area contributed by atoms with E-state index in [4.69, 9.17) is 4.52 Å². The minimum Gasteiger partial charge on any atom is -0.390 e. The lowest BCUT2D eigenvalue weighted by Gasteiger charge is -2.31. The number of hydrogen-bond donors (Lipinski definition) is 1. The molecule has 0 spiro atoms. The second-order valence-corrected chi connectivity index (χ2v) is 6.39. The summed E-state index contributed by atoms with van der Waals surface area (Å²) in [5.41, 5.74) is 0.803. The molecule has 1 unspecified atom stereocenters. The second kappa shape index (κ2) is 7.10. The number of nitrogens with zero attached hydrogens (tertiary/aromatic N) is 3. The minimum absolute atomic E-state index is 0.193. The first kappa shape index (κ1) is 16.0. The van der Waals surface area contributed by atoms with E-state index in [1.54, 1.807) is 0 Å². The number of likely N-dealkylation sites (tertiary alicyclic amines) is 1. The molecule has 3 rings (SSSR count). The third-order valence-corrected chi connectivity index (χ3v) is 4.46. The number of aliphatic hydroxyl groups excluding tert-OH is 1. The Labute approximate surface area is 135 Å². The van der Waals surface area contributed by atoms with E-state index in [0.29, 0.717) is 12.4 Å². The van der Waals surface area contributed by atoms with Crippen LogP contribution in [-0.4, -0.2) is 45.5 Å². The standard InChI is InChI=1S/C17H23N3O3/c1-13-7-9-19(10-8-13)11-15(21)12-20-16(18-23-17(20)22)14-5-3-2-4-6-14/h2-6,13,15,21H,7-12H2,1H3. The number of aliphatic hydroxyl groups is 1. The van der Waals surface area contributed by atoms with E-state index in [1.807, 2.05) is 30.3 Å². The van der Waals surface area contributed by atoms with Crippen LogP contribution >= 0.6 is 0 Å². The van der Waals surface area contributed by atoms with Crippen LogP contribution < -0.4 is 5.76 Å². The van der Waals surface area contributed by atoms with E-state index in [-0.39, 0.29) is 6.54 Å². The number of rotatable bonds is 5. The highest BCUT2D eigenvalue weighted by molar-refractivity contribution is 5.54. The van der Waals surface area contributed by atoms with E-state index in [0.717, 1.165) is 37.4 Å². The first-order valence-electron chi connectivity index (χ1n) is 8.16. The van der Waals surface area contributed by atoms with Gasteiger partial charge < -0.3 is 10.0 Å². The molecule has 1 fully saturated rings. The zero-order valence-electron chi connectivity index (χ0n) is 13.4. The Morgan fingerprint density at radius 1 is 1.26 bits per heavy atom. The summed E-state index contributed by atoms with van der Waals surface area (Å²) in [4.78, 5) is 14.1. The third kappa shape index (κ3) is 3.89. The van der Waals surface area contributed by atoms with Gasteiger partial charge >= 0.3 is 5.76 Å². The highest BCUT2D eigenvalue weighted by Gasteiger charge is 2.21. The third-order valence-electron chi connectivity index (χ3n) is 4.46. The first-order valence-corrected chi connectivity index (χ1v) is 8.16. The summed E-state index contributed by atoms with van der Waals surface area (Å²) in [7, 11) is 0. The molecule has 0 saturated carbocycles. The zero-order chi connectivity index (χ0) is 16.2. The van der Waals surface area contributed by atoms with Gasteiger partial charge in [0.2, 0.25) is 0 Å². The van der Waals surface area contributed by atoms with Gasteiger partial charge in [-0.3, -0.25) is 9.09 Å². The SMILES string of the molecule is CC1CCN(CC(O)Cn2c(-c3ccccc3)noc2=O)CC1. The van der Waals surface area contributed by atoms with Crippen molar-refractivity contribution in [2.24, 2.45) is 5.92 Å². The molecule has 1 aromatic heterocycles. The van der Waals surface area contributed by atoms with Crippen LogP contribution in [0.5, 0.6) is 0 Å². The van der Waals surface area contributed by atoms with Crippen LogP contribution in [-0.2, 0) is 6.54 Å². The Bertz CT molecular complexity index is 672. The van der Waals surface area contributed by atoms with Gasteiger partial charge in [0.25, 0.3) is 0 Å². The molecule has 124 valence electrons. The van der Waals surface area contributed by atoms with Gasteiger partial charge in [-0.25, -0.2) is 4.79 Å². The Kier molecular flexibility index (Phi) is 4.93. The molecule has 1 aliphatic heterocycles. The molecule has 6 heteroatoms. The van der Waals surface area contributed by atoms with Crippen molar-refractivity contribution >= 4 is 0 Å². The van der Waals surface area contributed by atoms with Crippen molar-refractivity contribution < 1.29 is 9.63 Å². The Balaban J connectivity index is 1.68. The summed E-state index contributed by atoms with van der Waals surface area (Å²) in [6, 6.07) is 9.39. The average Bonchev–Trinajstić information content (AvgIpc) is 2.91. The number of aromatic nitrogens is 2. The largest absolute Gasteiger partial charge is 0.441 e. The molecule has 1 atom stereocenters. The topological polar surface area (TPSA) is 71.5 Å². The van der Waals surface area contributed by atoms with Crippen molar-refractivity contribution in [3.8, 4) is 11.4 Å². The normalized spacial score (nSPS) is 18.2. The second-order valence-electron chi connectivity index (χ2n) is 6.39. The maximum Gasteiger partial charge on any atom is 0.441 e. The maximum atomic E-state index is 11.9. The Morgan fingerprint density at radius 3 is 2.65 bits per heavy atom. The Hall–Kier alpha value is -1.92. The van der Waals surface area contributed by atoms with Crippen LogP contribution in [0.25, 0.3) is 11.4 Å². The molecular weight excluding hydrogens is 294 g/mol. The van der Waals surface area contributed by atoms with Crippen molar-refractivity contribution in [3.05, 3.63) is 40.9 Å². The predicted molar refractivity (Wildman–Crippen MR) is 87.0 cm³/mol. The summed E-state index contributed by atoms with van der Waals surface area (Å²) in [6.45, 7) is 5.03. The molecule has 1 N–H and O–H groups in total. The number of piperidine rings is 1. The predicted octanol–water partition coefficient (Wildman–Crippen LogP) is 1.60. The molecule has 1 aromatic carbocycles. The molecule has 0 aliphatic carbocycles. The van der Waals surface area contributed by atoms with E-state index >= 15 is 0 Å².